The van der Waals surface area contributed by atoms with Crippen LogP contribution in [0.4, 0.5) is 4.39 Å². The molecule has 1 aliphatic rings. The highest BCUT2D eigenvalue weighted by Gasteiger charge is 2.29. The molecule has 0 spiro atoms. The fourth-order valence-corrected chi connectivity index (χ4v) is 3.01. The molecule has 1 aromatic heterocycles. The lowest BCUT2D eigenvalue weighted by molar-refractivity contribution is 0.160. The Hall–Kier alpha value is -1.17. The van der Waals surface area contributed by atoms with E-state index in [4.69, 9.17) is 22.1 Å². The number of ether oxygens (including phenoxy) is 1. The largest absolute Gasteiger partial charge is 0.483 e. The third-order valence-corrected chi connectivity index (χ3v) is 4.09. The van der Waals surface area contributed by atoms with Gasteiger partial charge in [-0.05, 0) is 18.2 Å². The summed E-state index contributed by atoms with van der Waals surface area (Å²) in [4.78, 5) is 4.20. The summed E-state index contributed by atoms with van der Waals surface area (Å²) in [6.07, 6.45) is 1.95. The van der Waals surface area contributed by atoms with Gasteiger partial charge in [0.2, 0.25) is 0 Å². The van der Waals surface area contributed by atoms with Gasteiger partial charge in [0.25, 0.3) is 0 Å². The molecule has 6 heteroatoms. The summed E-state index contributed by atoms with van der Waals surface area (Å²) in [5.41, 5.74) is 6.75. The first-order valence-electron chi connectivity index (χ1n) is 5.46. The van der Waals surface area contributed by atoms with E-state index in [0.717, 1.165) is 5.01 Å². The van der Waals surface area contributed by atoms with E-state index in [0.29, 0.717) is 22.1 Å². The molecule has 0 bridgehead atoms. The molecular weight excluding hydrogens is 275 g/mol. The fraction of sp³-hybridized carbons (Fsp3) is 0.250. The van der Waals surface area contributed by atoms with Crippen molar-refractivity contribution >= 4 is 22.9 Å². The Morgan fingerprint density at radius 2 is 2.33 bits per heavy atom. The molecular formula is C12H10ClFN2OS. The van der Waals surface area contributed by atoms with E-state index >= 15 is 0 Å². The third kappa shape index (κ3) is 2.09. The maximum Gasteiger partial charge on any atom is 0.152 e. The van der Waals surface area contributed by atoms with Crippen LogP contribution in [-0.2, 0) is 0 Å². The molecule has 0 fully saturated rings. The van der Waals surface area contributed by atoms with Crippen molar-refractivity contribution in [2.45, 2.75) is 18.6 Å². The Balaban J connectivity index is 1.94. The summed E-state index contributed by atoms with van der Waals surface area (Å²) in [5.74, 6) is 0.315. The van der Waals surface area contributed by atoms with Gasteiger partial charge in [0.05, 0.1) is 6.20 Å². The molecule has 18 heavy (non-hydrogen) atoms. The second-order valence-electron chi connectivity index (χ2n) is 4.13. The van der Waals surface area contributed by atoms with Crippen LogP contribution >= 0.6 is 22.9 Å². The van der Waals surface area contributed by atoms with Crippen LogP contribution in [0, 0.1) is 5.82 Å². The normalized spacial score (nSPS) is 22.4. The predicted octanol–water partition coefficient (Wildman–Crippen LogP) is 3.46. The minimum atomic E-state index is -0.302. The van der Waals surface area contributed by atoms with Gasteiger partial charge in [0, 0.05) is 18.0 Å². The number of fused-ring (bicyclic) bond motifs is 1. The molecule has 3 rings (SSSR count). The smallest absolute Gasteiger partial charge is 0.152 e. The van der Waals surface area contributed by atoms with Crippen LogP contribution in [0.2, 0.25) is 4.34 Å². The van der Waals surface area contributed by atoms with Gasteiger partial charge in [-0.2, -0.15) is 0 Å². The number of halogens is 2. The second kappa shape index (κ2) is 4.50. The second-order valence-corrected chi connectivity index (χ2v) is 5.83. The van der Waals surface area contributed by atoms with Crippen LogP contribution in [0.3, 0.4) is 0 Å². The van der Waals surface area contributed by atoms with Gasteiger partial charge in [-0.1, -0.05) is 11.6 Å². The van der Waals surface area contributed by atoms with Gasteiger partial charge in [0.1, 0.15) is 20.9 Å². The highest BCUT2D eigenvalue weighted by Crippen LogP contribution is 2.41. The average Bonchev–Trinajstić information content (AvgIpc) is 2.77. The molecule has 2 unspecified atom stereocenters. The zero-order valence-corrected chi connectivity index (χ0v) is 10.8. The molecule has 2 heterocycles. The first kappa shape index (κ1) is 11.9. The monoisotopic (exact) mass is 284 g/mol. The molecule has 2 aromatic rings. The van der Waals surface area contributed by atoms with Crippen molar-refractivity contribution < 1.29 is 9.13 Å². The Morgan fingerprint density at radius 3 is 3.06 bits per heavy atom. The molecule has 1 aromatic carbocycles. The van der Waals surface area contributed by atoms with Crippen molar-refractivity contribution in [1.29, 1.82) is 0 Å². The highest BCUT2D eigenvalue weighted by atomic mass is 35.5. The summed E-state index contributed by atoms with van der Waals surface area (Å²) < 4.78 is 19.6. The third-order valence-electron chi connectivity index (χ3n) is 2.88. The van der Waals surface area contributed by atoms with Crippen molar-refractivity contribution in [3.63, 3.8) is 0 Å². The Kier molecular flexibility index (Phi) is 2.97. The highest BCUT2D eigenvalue weighted by molar-refractivity contribution is 7.15. The Morgan fingerprint density at radius 1 is 1.50 bits per heavy atom. The number of rotatable bonds is 1. The first-order valence-corrected chi connectivity index (χ1v) is 6.66. The van der Waals surface area contributed by atoms with E-state index in [1.807, 2.05) is 0 Å². The van der Waals surface area contributed by atoms with Crippen LogP contribution in [-0.4, -0.2) is 4.98 Å². The van der Waals surface area contributed by atoms with E-state index < -0.39 is 0 Å². The standard InChI is InChI=1S/C12H10ClFN2OS/c13-11-5-16-12(18-11)10-4-8(15)7-3-6(14)1-2-9(7)17-10/h1-3,5,8,10H,4,15H2. The Labute approximate surface area is 112 Å². The molecule has 94 valence electrons. The minimum Gasteiger partial charge on any atom is -0.483 e. The van der Waals surface area contributed by atoms with E-state index in [-0.39, 0.29) is 18.0 Å². The number of nitrogens with zero attached hydrogens (tertiary/aromatic N) is 1. The fourth-order valence-electron chi connectivity index (χ4n) is 2.04. The van der Waals surface area contributed by atoms with Gasteiger partial charge >= 0.3 is 0 Å². The summed E-state index contributed by atoms with van der Waals surface area (Å²) in [6, 6.07) is 4.14. The minimum absolute atomic E-state index is 0.213. The van der Waals surface area contributed by atoms with Crippen LogP contribution in [0.5, 0.6) is 5.75 Å². The van der Waals surface area contributed by atoms with Gasteiger partial charge < -0.3 is 10.5 Å². The van der Waals surface area contributed by atoms with Crippen LogP contribution in [0.15, 0.2) is 24.4 Å². The van der Waals surface area contributed by atoms with Crippen molar-refractivity contribution in [3.8, 4) is 5.75 Å². The van der Waals surface area contributed by atoms with Crippen molar-refractivity contribution in [3.05, 3.63) is 45.1 Å². The SMILES string of the molecule is NC1CC(c2ncc(Cl)s2)Oc2ccc(F)cc21. The number of thiazole rings is 1. The molecule has 0 aliphatic carbocycles. The lowest BCUT2D eigenvalue weighted by Crippen LogP contribution is -2.24. The Bertz CT molecular complexity index is 589. The van der Waals surface area contributed by atoms with Gasteiger partial charge in [-0.25, -0.2) is 9.37 Å². The molecule has 0 radical (unpaired) electrons. The molecule has 2 atom stereocenters. The van der Waals surface area contributed by atoms with E-state index in [2.05, 4.69) is 4.98 Å². The molecule has 0 saturated heterocycles. The quantitative estimate of drug-likeness (QED) is 0.872. The molecule has 2 N–H and O–H groups in total. The predicted molar refractivity (Wildman–Crippen MR) is 68.4 cm³/mol. The lowest BCUT2D eigenvalue weighted by Gasteiger charge is -2.29. The summed E-state index contributed by atoms with van der Waals surface area (Å²) >= 11 is 7.23. The van der Waals surface area contributed by atoms with E-state index in [1.54, 1.807) is 12.3 Å². The van der Waals surface area contributed by atoms with Crippen LogP contribution < -0.4 is 10.5 Å². The molecule has 1 aliphatic heterocycles. The number of hydrogen-bond donors (Lipinski definition) is 1. The number of benzene rings is 1. The van der Waals surface area contributed by atoms with Gasteiger partial charge in [-0.3, -0.25) is 0 Å². The van der Waals surface area contributed by atoms with E-state index in [9.17, 15) is 4.39 Å². The number of nitrogens with two attached hydrogens (primary N) is 1. The molecule has 3 nitrogen and oxygen atoms in total. The van der Waals surface area contributed by atoms with Gasteiger partial charge in [0.15, 0.2) is 6.10 Å². The zero-order chi connectivity index (χ0) is 12.7. The van der Waals surface area contributed by atoms with Crippen molar-refractivity contribution in [2.24, 2.45) is 5.73 Å². The van der Waals surface area contributed by atoms with E-state index in [1.165, 1.54) is 23.5 Å². The number of hydrogen-bond acceptors (Lipinski definition) is 4. The summed E-state index contributed by atoms with van der Waals surface area (Å²) in [7, 11) is 0. The maximum atomic E-state index is 13.2. The number of aromatic nitrogens is 1. The van der Waals surface area contributed by atoms with Crippen molar-refractivity contribution in [2.75, 3.05) is 0 Å². The average molecular weight is 285 g/mol. The lowest BCUT2D eigenvalue weighted by atomic mass is 9.97. The van der Waals surface area contributed by atoms with Crippen LogP contribution in [0.25, 0.3) is 0 Å². The topological polar surface area (TPSA) is 48.1 Å². The molecule has 0 amide bonds. The summed E-state index contributed by atoms with van der Waals surface area (Å²) in [5, 5.41) is 0.797. The van der Waals surface area contributed by atoms with Crippen molar-refractivity contribution in [1.82, 2.24) is 4.98 Å². The molecule has 0 saturated carbocycles. The first-order chi connectivity index (χ1) is 8.63. The zero-order valence-electron chi connectivity index (χ0n) is 9.27. The van der Waals surface area contributed by atoms with Crippen LogP contribution in [0.1, 0.15) is 29.1 Å². The summed E-state index contributed by atoms with van der Waals surface area (Å²) in [6.45, 7) is 0. The maximum absolute atomic E-state index is 13.2. The van der Waals surface area contributed by atoms with Gasteiger partial charge in [-0.15, -0.1) is 11.3 Å².